The molecule has 0 radical (unpaired) electrons. The second-order valence-electron chi connectivity index (χ2n) is 7.46. The zero-order valence-corrected chi connectivity index (χ0v) is 15.8. The highest BCUT2D eigenvalue weighted by Gasteiger charge is 2.56. The van der Waals surface area contributed by atoms with Crippen molar-refractivity contribution in [2.45, 2.75) is 50.4 Å². The molecule has 1 aromatic heterocycles. The number of carbonyl (C=O) groups is 1. The van der Waals surface area contributed by atoms with Crippen LogP contribution in [0.1, 0.15) is 39.3 Å². The summed E-state index contributed by atoms with van der Waals surface area (Å²) in [6, 6.07) is 9.37. The lowest BCUT2D eigenvalue weighted by molar-refractivity contribution is 0.0569. The Labute approximate surface area is 152 Å². The first-order chi connectivity index (χ1) is 12.1. The van der Waals surface area contributed by atoms with Crippen molar-refractivity contribution in [2.75, 3.05) is 0 Å². The second kappa shape index (κ2) is 6.42. The number of oxazole rings is 1. The average Bonchev–Trinajstić information content (AvgIpc) is 3.17. The van der Waals surface area contributed by atoms with Crippen molar-refractivity contribution in [1.29, 1.82) is 0 Å². The highest BCUT2D eigenvalue weighted by atomic mass is 32.2. The number of rotatable bonds is 5. The van der Waals surface area contributed by atoms with E-state index >= 15 is 0 Å². The summed E-state index contributed by atoms with van der Waals surface area (Å²) in [7, 11) is -3.90. The molecule has 1 amide bonds. The lowest BCUT2D eigenvalue weighted by Crippen LogP contribution is -2.43. The summed E-state index contributed by atoms with van der Waals surface area (Å²) in [6.07, 6.45) is 1.42. The van der Waals surface area contributed by atoms with Crippen LogP contribution in [0.4, 0.5) is 4.79 Å². The molecule has 0 atom stereocenters. The van der Waals surface area contributed by atoms with Gasteiger partial charge in [-0.1, -0.05) is 30.3 Å². The number of aromatic nitrogens is 1. The molecule has 26 heavy (non-hydrogen) atoms. The molecule has 1 aliphatic rings. The Morgan fingerprint density at radius 2 is 1.92 bits per heavy atom. The third-order valence-electron chi connectivity index (χ3n) is 4.16. The number of nitrogens with zero attached hydrogens (tertiary/aromatic N) is 1. The number of amides is 1. The van der Waals surface area contributed by atoms with Crippen molar-refractivity contribution in [3.05, 3.63) is 42.4 Å². The largest absolute Gasteiger partial charge is 0.443 e. The molecule has 0 spiro atoms. The number of hydrogen-bond acceptors (Lipinski definition) is 6. The van der Waals surface area contributed by atoms with E-state index in [0.717, 1.165) is 5.56 Å². The molecule has 1 aromatic carbocycles. The number of sulfonamides is 1. The van der Waals surface area contributed by atoms with E-state index in [9.17, 15) is 13.2 Å². The number of nitrogens with one attached hydrogen (secondary N) is 1. The summed E-state index contributed by atoms with van der Waals surface area (Å²) in [5.74, 6) is 0.546. The molecule has 0 saturated heterocycles. The summed E-state index contributed by atoms with van der Waals surface area (Å²) >= 11 is 0. The molecule has 1 saturated carbocycles. The van der Waals surface area contributed by atoms with Gasteiger partial charge in [-0.3, -0.25) is 0 Å². The molecule has 1 aliphatic carbocycles. The van der Waals surface area contributed by atoms with Crippen LogP contribution in [-0.2, 0) is 21.2 Å². The first-order valence-electron chi connectivity index (χ1n) is 8.35. The molecule has 1 N–H and O–H groups in total. The lowest BCUT2D eigenvalue weighted by Gasteiger charge is -2.21. The normalized spacial score (nSPS) is 16.1. The topological polar surface area (TPSA) is 98.5 Å². The number of benzene rings is 1. The second-order valence-corrected chi connectivity index (χ2v) is 9.54. The fourth-order valence-electron chi connectivity index (χ4n) is 2.72. The summed E-state index contributed by atoms with van der Waals surface area (Å²) in [6.45, 7) is 5.02. The minimum Gasteiger partial charge on any atom is -0.443 e. The fourth-order valence-corrected chi connectivity index (χ4v) is 4.17. The van der Waals surface area contributed by atoms with Gasteiger partial charge in [0.25, 0.3) is 0 Å². The van der Waals surface area contributed by atoms with Crippen LogP contribution in [0.25, 0.3) is 11.3 Å². The Balaban J connectivity index is 1.78. The van der Waals surface area contributed by atoms with E-state index in [1.807, 2.05) is 35.1 Å². The predicted molar refractivity (Wildman–Crippen MR) is 95.9 cm³/mol. The summed E-state index contributed by atoms with van der Waals surface area (Å²) < 4.78 is 36.9. The van der Waals surface area contributed by atoms with Gasteiger partial charge in [0, 0.05) is 12.0 Å². The maximum Gasteiger partial charge on any atom is 0.421 e. The van der Waals surface area contributed by atoms with E-state index in [-0.39, 0.29) is 6.42 Å². The third-order valence-corrected chi connectivity index (χ3v) is 6.29. The Hall–Kier alpha value is -2.35. The van der Waals surface area contributed by atoms with Gasteiger partial charge < -0.3 is 9.15 Å². The van der Waals surface area contributed by atoms with Gasteiger partial charge in [-0.25, -0.2) is 22.9 Å². The number of hydrogen-bond donors (Lipinski definition) is 1. The molecule has 1 heterocycles. The average molecular weight is 378 g/mol. The number of carbonyl (C=O) groups excluding carboxylic acids is 1. The summed E-state index contributed by atoms with van der Waals surface area (Å²) in [5.41, 5.74) is 0.611. The third kappa shape index (κ3) is 3.90. The Morgan fingerprint density at radius 1 is 1.27 bits per heavy atom. The first-order valence-corrected chi connectivity index (χ1v) is 9.83. The summed E-state index contributed by atoms with van der Waals surface area (Å²) in [4.78, 5) is 16.1. The predicted octanol–water partition coefficient (Wildman–Crippen LogP) is 3.27. The quantitative estimate of drug-likeness (QED) is 0.857. The van der Waals surface area contributed by atoms with Crippen molar-refractivity contribution in [3.63, 3.8) is 0 Å². The van der Waals surface area contributed by atoms with Gasteiger partial charge in [0.15, 0.2) is 12.2 Å². The standard InChI is InChI=1S/C18H22N2O5S/c1-17(2,3)25-16(21)20-26(22,23)18(9-10-18)11-14-15(24-12-19-14)13-7-5-4-6-8-13/h4-8,12H,9-11H2,1-3H3,(H,20,21). The Kier molecular flexibility index (Phi) is 4.56. The smallest absolute Gasteiger partial charge is 0.421 e. The van der Waals surface area contributed by atoms with Crippen molar-refractivity contribution >= 4 is 16.1 Å². The van der Waals surface area contributed by atoms with E-state index in [4.69, 9.17) is 9.15 Å². The first kappa shape index (κ1) is 18.4. The molecule has 8 heteroatoms. The monoisotopic (exact) mass is 378 g/mol. The van der Waals surface area contributed by atoms with Crippen molar-refractivity contribution in [2.24, 2.45) is 0 Å². The van der Waals surface area contributed by atoms with Crippen molar-refractivity contribution < 1.29 is 22.4 Å². The van der Waals surface area contributed by atoms with E-state index in [0.29, 0.717) is 24.3 Å². The SMILES string of the molecule is CC(C)(C)OC(=O)NS(=O)(=O)C1(Cc2ncoc2-c2ccccc2)CC1. The van der Waals surface area contributed by atoms with Gasteiger partial charge in [0.05, 0.1) is 10.4 Å². The molecular formula is C18H22N2O5S. The molecule has 0 unspecified atom stereocenters. The maximum atomic E-state index is 12.7. The maximum absolute atomic E-state index is 12.7. The molecule has 1 fully saturated rings. The molecule has 2 aromatic rings. The Bertz CT molecular complexity index is 893. The van der Waals surface area contributed by atoms with Crippen LogP contribution in [0.2, 0.25) is 0 Å². The van der Waals surface area contributed by atoms with Gasteiger partial charge in [-0.2, -0.15) is 0 Å². The van der Waals surface area contributed by atoms with Gasteiger partial charge in [0.1, 0.15) is 5.60 Å². The van der Waals surface area contributed by atoms with Gasteiger partial charge in [-0.15, -0.1) is 0 Å². The van der Waals surface area contributed by atoms with Gasteiger partial charge in [0.2, 0.25) is 10.0 Å². The van der Waals surface area contributed by atoms with Crippen LogP contribution >= 0.6 is 0 Å². The minimum absolute atomic E-state index is 0.172. The van der Waals surface area contributed by atoms with E-state index in [2.05, 4.69) is 4.98 Å². The van der Waals surface area contributed by atoms with Crippen LogP contribution in [-0.4, -0.2) is 29.8 Å². The van der Waals surface area contributed by atoms with Gasteiger partial charge in [-0.05, 0) is 33.6 Å². The van der Waals surface area contributed by atoms with E-state index in [1.165, 1.54) is 6.39 Å². The number of ether oxygens (including phenoxy) is 1. The van der Waals surface area contributed by atoms with Crippen LogP contribution < -0.4 is 4.72 Å². The zero-order chi connectivity index (χ0) is 19.0. The molecule has 0 bridgehead atoms. The van der Waals surface area contributed by atoms with Crippen LogP contribution in [0, 0.1) is 0 Å². The molecule has 140 valence electrons. The zero-order valence-electron chi connectivity index (χ0n) is 15.0. The van der Waals surface area contributed by atoms with E-state index < -0.39 is 26.5 Å². The van der Waals surface area contributed by atoms with Crippen LogP contribution in [0.5, 0.6) is 0 Å². The molecule has 0 aliphatic heterocycles. The van der Waals surface area contributed by atoms with Crippen molar-refractivity contribution in [3.8, 4) is 11.3 Å². The highest BCUT2D eigenvalue weighted by Crippen LogP contribution is 2.46. The minimum atomic E-state index is -3.90. The Morgan fingerprint density at radius 3 is 2.50 bits per heavy atom. The van der Waals surface area contributed by atoms with Crippen LogP contribution in [0.15, 0.2) is 41.1 Å². The molecule has 7 nitrogen and oxygen atoms in total. The van der Waals surface area contributed by atoms with Gasteiger partial charge >= 0.3 is 6.09 Å². The van der Waals surface area contributed by atoms with Crippen molar-refractivity contribution in [1.82, 2.24) is 9.71 Å². The molecule has 3 rings (SSSR count). The lowest BCUT2D eigenvalue weighted by atomic mass is 10.1. The van der Waals surface area contributed by atoms with E-state index in [1.54, 1.807) is 20.8 Å². The summed E-state index contributed by atoms with van der Waals surface area (Å²) in [5, 5.41) is 0. The fraction of sp³-hybridized carbons (Fsp3) is 0.444. The van der Waals surface area contributed by atoms with Crippen LogP contribution in [0.3, 0.4) is 0 Å². The highest BCUT2D eigenvalue weighted by molar-refractivity contribution is 7.91. The molecular weight excluding hydrogens is 356 g/mol.